The van der Waals surface area contributed by atoms with Crippen LogP contribution < -0.4 is 5.32 Å². The first-order valence-electron chi connectivity index (χ1n) is 9.65. The van der Waals surface area contributed by atoms with Gasteiger partial charge in [-0.25, -0.2) is 4.99 Å². The first-order valence-corrected chi connectivity index (χ1v) is 9.65. The van der Waals surface area contributed by atoms with Gasteiger partial charge in [-0.2, -0.15) is 9.98 Å². The minimum Gasteiger partial charge on any atom is -0.295 e. The van der Waals surface area contributed by atoms with E-state index in [2.05, 4.69) is 49.5 Å². The molecular formula is C23H21N5O2. The molecule has 30 heavy (non-hydrogen) atoms. The molecule has 4 rings (SSSR count). The quantitative estimate of drug-likeness (QED) is 0.810. The van der Waals surface area contributed by atoms with E-state index in [9.17, 15) is 9.59 Å². The molecule has 7 heteroatoms. The highest BCUT2D eigenvalue weighted by Gasteiger charge is 2.29. The van der Waals surface area contributed by atoms with E-state index in [1.54, 1.807) is 6.21 Å². The number of hydrogen-bond acceptors (Lipinski definition) is 5. The zero-order valence-electron chi connectivity index (χ0n) is 16.6. The standard InChI is InChI=1S/C23H21N5O2/c1-16(29)25-23-26-21-20(22(30)27-23)19(12-24-21)15-28(13-17-8-4-2-5-9-17)14-18-10-6-3-7-11-18/h2-12H,13-15H2,1H3,(H,25,27,29,30). The van der Waals surface area contributed by atoms with Crippen LogP contribution in [0, 0.1) is 0 Å². The first-order chi connectivity index (χ1) is 14.6. The van der Waals surface area contributed by atoms with Gasteiger partial charge in [-0.1, -0.05) is 60.7 Å². The van der Waals surface area contributed by atoms with Crippen molar-refractivity contribution in [3.8, 4) is 0 Å². The van der Waals surface area contributed by atoms with Gasteiger partial charge in [0.15, 0.2) is 5.84 Å². The van der Waals surface area contributed by atoms with E-state index in [-0.39, 0.29) is 11.9 Å². The molecule has 0 atom stereocenters. The number of rotatable bonds is 6. The number of aliphatic imine (C=N–C) groups is 3. The van der Waals surface area contributed by atoms with Crippen LogP contribution in [0.15, 0.2) is 86.8 Å². The normalized spacial score (nSPS) is 15.2. The van der Waals surface area contributed by atoms with E-state index in [0.29, 0.717) is 18.0 Å². The Morgan fingerprint density at radius 2 is 1.50 bits per heavy atom. The number of benzene rings is 2. The molecular weight excluding hydrogens is 378 g/mol. The average Bonchev–Trinajstić information content (AvgIpc) is 3.12. The summed E-state index contributed by atoms with van der Waals surface area (Å²) in [5.74, 6) is -0.490. The number of amidine groups is 1. The van der Waals surface area contributed by atoms with Crippen LogP contribution >= 0.6 is 0 Å². The van der Waals surface area contributed by atoms with Crippen molar-refractivity contribution in [2.45, 2.75) is 20.0 Å². The maximum atomic E-state index is 12.6. The summed E-state index contributed by atoms with van der Waals surface area (Å²) in [4.78, 5) is 38.5. The SMILES string of the molecule is CC(=O)NC1=NC(=O)C2=C(CN(Cc3ccccc3)Cc3ccccc3)C=NC2=N1. The Bertz CT molecular complexity index is 1040. The van der Waals surface area contributed by atoms with Crippen LogP contribution in [0.4, 0.5) is 0 Å². The number of carbonyl (C=O) groups is 2. The average molecular weight is 399 g/mol. The lowest BCUT2D eigenvalue weighted by Gasteiger charge is -2.23. The molecule has 2 heterocycles. The summed E-state index contributed by atoms with van der Waals surface area (Å²) in [7, 11) is 0. The summed E-state index contributed by atoms with van der Waals surface area (Å²) in [5, 5.41) is 2.44. The Kier molecular flexibility index (Phi) is 5.72. The summed E-state index contributed by atoms with van der Waals surface area (Å²) in [6, 6.07) is 20.4. The molecule has 2 aromatic rings. The summed E-state index contributed by atoms with van der Waals surface area (Å²) in [6.45, 7) is 3.31. The maximum Gasteiger partial charge on any atom is 0.284 e. The Morgan fingerprint density at radius 3 is 2.07 bits per heavy atom. The van der Waals surface area contributed by atoms with Crippen molar-refractivity contribution in [2.24, 2.45) is 15.0 Å². The number of nitrogens with one attached hydrogen (secondary N) is 1. The molecule has 2 aliphatic heterocycles. The molecule has 0 radical (unpaired) electrons. The van der Waals surface area contributed by atoms with Gasteiger partial charge in [0.05, 0.1) is 5.57 Å². The minimum absolute atomic E-state index is 0.0184. The van der Waals surface area contributed by atoms with E-state index in [0.717, 1.165) is 18.7 Å². The van der Waals surface area contributed by atoms with Crippen molar-refractivity contribution in [1.29, 1.82) is 0 Å². The molecule has 0 saturated carbocycles. The second-order valence-corrected chi connectivity index (χ2v) is 7.13. The third kappa shape index (κ3) is 4.64. The van der Waals surface area contributed by atoms with Gasteiger partial charge in [0.1, 0.15) is 0 Å². The topological polar surface area (TPSA) is 86.5 Å². The minimum atomic E-state index is -0.435. The molecule has 2 aliphatic rings. The molecule has 0 unspecified atom stereocenters. The molecule has 0 bridgehead atoms. The van der Waals surface area contributed by atoms with Crippen molar-refractivity contribution in [3.05, 3.63) is 82.9 Å². The van der Waals surface area contributed by atoms with Crippen LogP contribution in [-0.2, 0) is 22.7 Å². The van der Waals surface area contributed by atoms with Crippen molar-refractivity contribution in [3.63, 3.8) is 0 Å². The number of guanidine groups is 1. The Hall–Kier alpha value is -3.71. The van der Waals surface area contributed by atoms with Crippen LogP contribution in [0.1, 0.15) is 18.1 Å². The van der Waals surface area contributed by atoms with Gasteiger partial charge in [-0.15, -0.1) is 0 Å². The lowest BCUT2D eigenvalue weighted by Crippen LogP contribution is -2.32. The third-order valence-corrected chi connectivity index (χ3v) is 4.70. The highest BCUT2D eigenvalue weighted by molar-refractivity contribution is 6.34. The first kappa shape index (κ1) is 19.6. The van der Waals surface area contributed by atoms with Gasteiger partial charge in [0.25, 0.3) is 5.91 Å². The van der Waals surface area contributed by atoms with Crippen molar-refractivity contribution in [1.82, 2.24) is 10.2 Å². The van der Waals surface area contributed by atoms with Crippen LogP contribution in [-0.4, -0.2) is 41.3 Å². The fraction of sp³-hybridized carbons (Fsp3) is 0.174. The monoisotopic (exact) mass is 399 g/mol. The summed E-state index contributed by atoms with van der Waals surface area (Å²) in [5.41, 5.74) is 3.54. The molecule has 150 valence electrons. The van der Waals surface area contributed by atoms with Crippen molar-refractivity contribution in [2.75, 3.05) is 6.54 Å². The summed E-state index contributed by atoms with van der Waals surface area (Å²) < 4.78 is 0. The molecule has 2 aromatic carbocycles. The summed E-state index contributed by atoms with van der Waals surface area (Å²) in [6.07, 6.45) is 1.67. The fourth-order valence-corrected chi connectivity index (χ4v) is 3.43. The number of amides is 2. The van der Waals surface area contributed by atoms with Crippen molar-refractivity contribution >= 4 is 29.8 Å². The lowest BCUT2D eigenvalue weighted by molar-refractivity contribution is -0.117. The van der Waals surface area contributed by atoms with E-state index in [1.807, 2.05) is 36.4 Å². The molecule has 7 nitrogen and oxygen atoms in total. The summed E-state index contributed by atoms with van der Waals surface area (Å²) >= 11 is 0. The number of fused-ring (bicyclic) bond motifs is 1. The zero-order valence-corrected chi connectivity index (χ0v) is 16.6. The van der Waals surface area contributed by atoms with Gasteiger partial charge in [-0.3, -0.25) is 19.8 Å². The van der Waals surface area contributed by atoms with Gasteiger partial charge >= 0.3 is 0 Å². The zero-order chi connectivity index (χ0) is 20.9. The molecule has 0 aromatic heterocycles. The molecule has 2 amide bonds. The van der Waals surface area contributed by atoms with Crippen LogP contribution in [0.3, 0.4) is 0 Å². The predicted octanol–water partition coefficient (Wildman–Crippen LogP) is 2.50. The van der Waals surface area contributed by atoms with E-state index < -0.39 is 5.91 Å². The molecule has 0 spiro atoms. The van der Waals surface area contributed by atoms with Gasteiger partial charge in [0, 0.05) is 38.3 Å². The van der Waals surface area contributed by atoms with Crippen LogP contribution in [0.25, 0.3) is 0 Å². The number of nitrogens with zero attached hydrogens (tertiary/aromatic N) is 4. The van der Waals surface area contributed by atoms with Gasteiger partial charge in [-0.05, 0) is 11.1 Å². The highest BCUT2D eigenvalue weighted by atomic mass is 16.2. The molecule has 0 fully saturated rings. The predicted molar refractivity (Wildman–Crippen MR) is 116 cm³/mol. The number of carbonyl (C=O) groups excluding carboxylic acids is 2. The van der Waals surface area contributed by atoms with Crippen LogP contribution in [0.5, 0.6) is 0 Å². The van der Waals surface area contributed by atoms with Crippen molar-refractivity contribution < 1.29 is 9.59 Å². The number of hydrogen-bond donors (Lipinski definition) is 1. The van der Waals surface area contributed by atoms with Crippen LogP contribution in [0.2, 0.25) is 0 Å². The molecule has 1 N–H and O–H groups in total. The Morgan fingerprint density at radius 1 is 0.900 bits per heavy atom. The fourth-order valence-electron chi connectivity index (χ4n) is 3.43. The molecule has 0 saturated heterocycles. The van der Waals surface area contributed by atoms with Gasteiger partial charge < -0.3 is 0 Å². The molecule has 0 aliphatic carbocycles. The van der Waals surface area contributed by atoms with Gasteiger partial charge in [0.2, 0.25) is 11.9 Å². The lowest BCUT2D eigenvalue weighted by atomic mass is 10.1. The van der Waals surface area contributed by atoms with E-state index >= 15 is 0 Å². The van der Waals surface area contributed by atoms with E-state index in [4.69, 9.17) is 0 Å². The highest BCUT2D eigenvalue weighted by Crippen LogP contribution is 2.21. The third-order valence-electron chi connectivity index (χ3n) is 4.70. The maximum absolute atomic E-state index is 12.6. The van der Waals surface area contributed by atoms with E-state index in [1.165, 1.54) is 18.1 Å². The second-order valence-electron chi connectivity index (χ2n) is 7.13. The largest absolute Gasteiger partial charge is 0.295 e. The smallest absolute Gasteiger partial charge is 0.284 e. The second kappa shape index (κ2) is 8.75. The Labute approximate surface area is 174 Å². The Balaban J connectivity index is 1.58.